The molecule has 0 aliphatic rings. The van der Waals surface area contributed by atoms with Crippen LogP contribution < -0.4 is 0 Å². The molecule has 5 heteroatoms. The van der Waals surface area contributed by atoms with Crippen molar-refractivity contribution in [3.05, 3.63) is 36.5 Å². The lowest BCUT2D eigenvalue weighted by molar-refractivity contribution is -0.133. The molecule has 0 saturated carbocycles. The zero-order chi connectivity index (χ0) is 11.5. The molecule has 1 aromatic carbocycles. The molecule has 82 valence electrons. The quantitative estimate of drug-likeness (QED) is 0.873. The maximum atomic E-state index is 11.8. The summed E-state index contributed by atoms with van der Waals surface area (Å²) in [5.74, 6) is -1.47. The number of rotatable bonds is 3. The number of aromatic nitrogens is 1. The zero-order valence-corrected chi connectivity index (χ0v) is 9.11. The summed E-state index contributed by atoms with van der Waals surface area (Å²) in [7, 11) is -1.55. The van der Waals surface area contributed by atoms with Crippen molar-refractivity contribution in [2.45, 2.75) is 4.90 Å². The highest BCUT2D eigenvalue weighted by molar-refractivity contribution is 7.86. The van der Waals surface area contributed by atoms with Crippen molar-refractivity contribution < 1.29 is 14.1 Å². The van der Waals surface area contributed by atoms with Crippen molar-refractivity contribution >= 4 is 27.7 Å². The van der Waals surface area contributed by atoms with E-state index in [4.69, 9.17) is 5.11 Å². The number of carboxylic acid groups (broad SMARTS) is 1. The first kappa shape index (κ1) is 10.8. The third kappa shape index (κ3) is 2.09. The van der Waals surface area contributed by atoms with Crippen LogP contribution in [0, 0.1) is 0 Å². The van der Waals surface area contributed by atoms with E-state index in [1.165, 1.54) is 0 Å². The van der Waals surface area contributed by atoms with Crippen LogP contribution >= 0.6 is 0 Å². The van der Waals surface area contributed by atoms with Gasteiger partial charge in [-0.05, 0) is 12.1 Å². The predicted octanol–water partition coefficient (Wildman–Crippen LogP) is 1.43. The Morgan fingerprint density at radius 3 is 2.81 bits per heavy atom. The van der Waals surface area contributed by atoms with Crippen LogP contribution in [0.3, 0.4) is 0 Å². The fourth-order valence-electron chi connectivity index (χ4n) is 1.45. The Balaban J connectivity index is 2.52. The standard InChI is InChI=1S/C11H9NO3S/c13-10(14)7-16(15)9-5-1-3-8-4-2-6-12-11(8)9/h1-6H,7H2,(H,13,14). The Bertz CT molecular complexity index is 563. The summed E-state index contributed by atoms with van der Waals surface area (Å²) in [5.41, 5.74) is 0.601. The number of fused-ring (bicyclic) bond motifs is 1. The maximum absolute atomic E-state index is 11.8. The van der Waals surface area contributed by atoms with Crippen molar-refractivity contribution in [2.75, 3.05) is 5.75 Å². The molecule has 4 nitrogen and oxygen atoms in total. The second kappa shape index (κ2) is 4.40. The van der Waals surface area contributed by atoms with E-state index in [2.05, 4.69) is 4.98 Å². The molecule has 16 heavy (non-hydrogen) atoms. The van der Waals surface area contributed by atoms with Crippen LogP contribution in [-0.4, -0.2) is 26.0 Å². The molecule has 0 amide bonds. The van der Waals surface area contributed by atoms with Crippen LogP contribution in [0.2, 0.25) is 0 Å². The van der Waals surface area contributed by atoms with E-state index in [9.17, 15) is 9.00 Å². The minimum atomic E-state index is -1.55. The third-order valence-electron chi connectivity index (χ3n) is 2.10. The highest BCUT2D eigenvalue weighted by atomic mass is 32.2. The highest BCUT2D eigenvalue weighted by Crippen LogP contribution is 2.19. The average Bonchev–Trinajstić information content (AvgIpc) is 2.27. The number of pyridine rings is 1. The van der Waals surface area contributed by atoms with Crippen LogP contribution in [0.15, 0.2) is 41.4 Å². The average molecular weight is 235 g/mol. The SMILES string of the molecule is O=C(O)CS(=O)c1cccc2cccnc12. The largest absolute Gasteiger partial charge is 0.481 e. The third-order valence-corrected chi connectivity index (χ3v) is 3.42. The summed E-state index contributed by atoms with van der Waals surface area (Å²) < 4.78 is 11.8. The molecule has 1 unspecified atom stereocenters. The van der Waals surface area contributed by atoms with E-state index in [0.717, 1.165) is 5.39 Å². The lowest BCUT2D eigenvalue weighted by atomic mass is 10.2. The number of nitrogens with zero attached hydrogens (tertiary/aromatic N) is 1. The molecule has 1 atom stereocenters. The van der Waals surface area contributed by atoms with E-state index < -0.39 is 22.5 Å². The Kier molecular flexibility index (Phi) is 2.96. The molecule has 1 N–H and O–H groups in total. The molecule has 1 heterocycles. The van der Waals surface area contributed by atoms with Gasteiger partial charge in [0.25, 0.3) is 0 Å². The van der Waals surface area contributed by atoms with E-state index in [0.29, 0.717) is 10.4 Å². The van der Waals surface area contributed by atoms with Gasteiger partial charge in [-0.3, -0.25) is 14.0 Å². The summed E-state index contributed by atoms with van der Waals surface area (Å²) in [4.78, 5) is 15.1. The number of aliphatic carboxylic acids is 1. The lowest BCUT2D eigenvalue weighted by Gasteiger charge is -2.03. The van der Waals surface area contributed by atoms with Gasteiger partial charge in [0.15, 0.2) is 0 Å². The lowest BCUT2D eigenvalue weighted by Crippen LogP contribution is -2.09. The van der Waals surface area contributed by atoms with Gasteiger partial charge in [-0.15, -0.1) is 0 Å². The van der Waals surface area contributed by atoms with Crippen molar-refractivity contribution in [2.24, 2.45) is 0 Å². The van der Waals surface area contributed by atoms with Gasteiger partial charge in [-0.2, -0.15) is 0 Å². The molecule has 0 saturated heterocycles. The molecule has 0 aliphatic carbocycles. The van der Waals surface area contributed by atoms with E-state index in [1.807, 2.05) is 12.1 Å². The monoisotopic (exact) mass is 235 g/mol. The van der Waals surface area contributed by atoms with Gasteiger partial charge < -0.3 is 5.11 Å². The fourth-order valence-corrected chi connectivity index (χ4v) is 2.45. The van der Waals surface area contributed by atoms with Crippen LogP contribution in [0.1, 0.15) is 0 Å². The number of para-hydroxylation sites is 1. The van der Waals surface area contributed by atoms with Gasteiger partial charge >= 0.3 is 5.97 Å². The topological polar surface area (TPSA) is 67.3 Å². The number of hydrogen-bond acceptors (Lipinski definition) is 3. The molecule has 2 rings (SSSR count). The molecule has 0 aliphatic heterocycles. The number of hydrogen-bond donors (Lipinski definition) is 1. The Labute approximate surface area is 94.4 Å². The molecule has 0 spiro atoms. The minimum absolute atomic E-state index is 0.393. The Morgan fingerprint density at radius 2 is 2.06 bits per heavy atom. The number of benzene rings is 1. The molecular formula is C11H9NO3S. The molecule has 0 radical (unpaired) electrons. The molecule has 1 aromatic heterocycles. The number of carbonyl (C=O) groups is 1. The van der Waals surface area contributed by atoms with Crippen LogP contribution in [0.5, 0.6) is 0 Å². The Morgan fingerprint density at radius 1 is 1.31 bits per heavy atom. The first-order valence-electron chi connectivity index (χ1n) is 4.62. The highest BCUT2D eigenvalue weighted by Gasteiger charge is 2.12. The van der Waals surface area contributed by atoms with Crippen molar-refractivity contribution in [3.63, 3.8) is 0 Å². The van der Waals surface area contributed by atoms with E-state index in [-0.39, 0.29) is 0 Å². The fraction of sp³-hybridized carbons (Fsp3) is 0.0909. The molecule has 0 bridgehead atoms. The van der Waals surface area contributed by atoms with Gasteiger partial charge in [0.2, 0.25) is 0 Å². The van der Waals surface area contributed by atoms with Crippen LogP contribution in [-0.2, 0) is 15.6 Å². The van der Waals surface area contributed by atoms with Gasteiger partial charge in [0, 0.05) is 11.6 Å². The normalized spacial score (nSPS) is 12.5. The first-order valence-corrected chi connectivity index (χ1v) is 5.94. The second-order valence-corrected chi connectivity index (χ2v) is 4.63. The molecule has 2 aromatic rings. The molecular weight excluding hydrogens is 226 g/mol. The minimum Gasteiger partial charge on any atom is -0.481 e. The van der Waals surface area contributed by atoms with Gasteiger partial charge in [0.1, 0.15) is 5.75 Å². The smallest absolute Gasteiger partial charge is 0.316 e. The summed E-state index contributed by atoms with van der Waals surface area (Å²) in [6, 6.07) is 8.88. The van der Waals surface area contributed by atoms with Gasteiger partial charge in [-0.25, -0.2) is 0 Å². The van der Waals surface area contributed by atoms with E-state index in [1.54, 1.807) is 24.4 Å². The summed E-state index contributed by atoms with van der Waals surface area (Å²) >= 11 is 0. The van der Waals surface area contributed by atoms with Crippen molar-refractivity contribution in [3.8, 4) is 0 Å². The summed E-state index contributed by atoms with van der Waals surface area (Å²) in [6.07, 6.45) is 1.60. The predicted molar refractivity (Wildman–Crippen MR) is 60.7 cm³/mol. The zero-order valence-electron chi connectivity index (χ0n) is 8.29. The van der Waals surface area contributed by atoms with Crippen LogP contribution in [0.4, 0.5) is 0 Å². The maximum Gasteiger partial charge on any atom is 0.316 e. The summed E-state index contributed by atoms with van der Waals surface area (Å²) in [5, 5.41) is 9.46. The van der Waals surface area contributed by atoms with Crippen molar-refractivity contribution in [1.82, 2.24) is 4.98 Å². The van der Waals surface area contributed by atoms with Gasteiger partial charge in [0.05, 0.1) is 21.2 Å². The molecule has 0 fully saturated rings. The second-order valence-electron chi connectivity index (χ2n) is 3.21. The van der Waals surface area contributed by atoms with Crippen molar-refractivity contribution in [1.29, 1.82) is 0 Å². The van der Waals surface area contributed by atoms with Crippen LogP contribution in [0.25, 0.3) is 10.9 Å². The number of carboxylic acids is 1. The van der Waals surface area contributed by atoms with Gasteiger partial charge in [-0.1, -0.05) is 18.2 Å². The summed E-state index contributed by atoms with van der Waals surface area (Å²) in [6.45, 7) is 0. The Hall–Kier alpha value is -1.75. The first-order chi connectivity index (χ1) is 7.68. The van der Waals surface area contributed by atoms with E-state index >= 15 is 0 Å².